The summed E-state index contributed by atoms with van der Waals surface area (Å²) in [6.45, 7) is 9.10. The molecule has 86 valence electrons. The Kier molecular flexibility index (Phi) is 2.41. The predicted octanol–water partition coefficient (Wildman–Crippen LogP) is 0.932. The average molecular weight is 211 g/mol. The van der Waals surface area contributed by atoms with Gasteiger partial charge < -0.3 is 15.5 Å². The second-order valence-corrected chi connectivity index (χ2v) is 5.67. The molecule has 2 fully saturated rings. The molecule has 2 rings (SSSR count). The van der Waals surface area contributed by atoms with Crippen LogP contribution in [0.4, 0.5) is 4.79 Å². The number of piperidine rings is 1. The van der Waals surface area contributed by atoms with Crippen LogP contribution in [0.15, 0.2) is 0 Å². The second-order valence-electron chi connectivity index (χ2n) is 5.67. The average Bonchev–Trinajstić information content (AvgIpc) is 2.44. The summed E-state index contributed by atoms with van der Waals surface area (Å²) in [7, 11) is 0. The van der Waals surface area contributed by atoms with Crippen LogP contribution in [0.2, 0.25) is 0 Å². The van der Waals surface area contributed by atoms with E-state index >= 15 is 0 Å². The first-order valence-corrected chi connectivity index (χ1v) is 5.75. The Bertz CT molecular complexity index is 263. The van der Waals surface area contributed by atoms with E-state index < -0.39 is 0 Å². The third-order valence-corrected chi connectivity index (χ3v) is 3.37. The molecule has 1 atom stereocenters. The van der Waals surface area contributed by atoms with E-state index in [2.05, 4.69) is 31.4 Å². The van der Waals surface area contributed by atoms with Gasteiger partial charge in [0.1, 0.15) is 0 Å². The molecule has 2 amide bonds. The second kappa shape index (κ2) is 3.37. The Balaban J connectivity index is 2.27. The summed E-state index contributed by atoms with van der Waals surface area (Å²) < 4.78 is 0. The van der Waals surface area contributed by atoms with Gasteiger partial charge in [0.05, 0.1) is 5.54 Å². The number of urea groups is 1. The number of rotatable bonds is 0. The first kappa shape index (κ1) is 10.7. The quantitative estimate of drug-likeness (QED) is 0.626. The lowest BCUT2D eigenvalue weighted by Gasteiger charge is -2.47. The van der Waals surface area contributed by atoms with Crippen molar-refractivity contribution in [2.45, 2.75) is 44.7 Å². The summed E-state index contributed by atoms with van der Waals surface area (Å²) >= 11 is 0. The molecule has 0 radical (unpaired) electrons. The standard InChI is InChI=1S/C11H21N3O/c1-10(2,3)14-9(15)13-8-11(14)5-4-6-12-7-11/h12H,4-8H2,1-3H3,(H,13,15). The molecule has 4 heteroatoms. The smallest absolute Gasteiger partial charge is 0.318 e. The van der Waals surface area contributed by atoms with E-state index in [1.807, 2.05) is 4.90 Å². The Morgan fingerprint density at radius 1 is 1.33 bits per heavy atom. The topological polar surface area (TPSA) is 44.4 Å². The van der Waals surface area contributed by atoms with Gasteiger partial charge in [0.15, 0.2) is 0 Å². The lowest BCUT2D eigenvalue weighted by Crippen LogP contribution is -2.62. The monoisotopic (exact) mass is 211 g/mol. The Labute approximate surface area is 91.4 Å². The zero-order valence-electron chi connectivity index (χ0n) is 9.89. The minimum absolute atomic E-state index is 0.00752. The summed E-state index contributed by atoms with van der Waals surface area (Å²) in [6, 6.07) is 0.0891. The summed E-state index contributed by atoms with van der Waals surface area (Å²) in [5, 5.41) is 6.39. The van der Waals surface area contributed by atoms with Gasteiger partial charge in [-0.2, -0.15) is 0 Å². The fourth-order valence-electron chi connectivity index (χ4n) is 2.92. The first-order valence-electron chi connectivity index (χ1n) is 5.75. The molecule has 2 N–H and O–H groups in total. The minimum atomic E-state index is -0.0976. The van der Waals surface area contributed by atoms with E-state index in [0.29, 0.717) is 0 Å². The molecular weight excluding hydrogens is 190 g/mol. The highest BCUT2D eigenvalue weighted by Crippen LogP contribution is 2.33. The van der Waals surface area contributed by atoms with Gasteiger partial charge >= 0.3 is 6.03 Å². The molecule has 0 aromatic carbocycles. The van der Waals surface area contributed by atoms with E-state index in [-0.39, 0.29) is 17.1 Å². The van der Waals surface area contributed by atoms with Crippen LogP contribution in [0.1, 0.15) is 33.6 Å². The molecule has 0 bridgehead atoms. The molecule has 0 aromatic rings. The predicted molar refractivity (Wildman–Crippen MR) is 59.8 cm³/mol. The molecule has 2 saturated heterocycles. The van der Waals surface area contributed by atoms with Crippen molar-refractivity contribution < 1.29 is 4.79 Å². The van der Waals surface area contributed by atoms with Gasteiger partial charge in [0, 0.05) is 18.6 Å². The fraction of sp³-hybridized carbons (Fsp3) is 0.909. The summed E-state index contributed by atoms with van der Waals surface area (Å²) in [6.07, 6.45) is 2.26. The number of carbonyl (C=O) groups excluding carboxylic acids is 1. The lowest BCUT2D eigenvalue weighted by atomic mass is 9.86. The number of hydrogen-bond acceptors (Lipinski definition) is 2. The summed E-state index contributed by atoms with van der Waals surface area (Å²) in [5.41, 5.74) is -0.0901. The van der Waals surface area contributed by atoms with E-state index in [0.717, 1.165) is 32.5 Å². The van der Waals surface area contributed by atoms with Gasteiger partial charge in [-0.15, -0.1) is 0 Å². The third kappa shape index (κ3) is 1.71. The van der Waals surface area contributed by atoms with Crippen LogP contribution in [0, 0.1) is 0 Å². The van der Waals surface area contributed by atoms with Gasteiger partial charge in [-0.05, 0) is 40.2 Å². The third-order valence-electron chi connectivity index (χ3n) is 3.37. The van der Waals surface area contributed by atoms with E-state index in [1.165, 1.54) is 0 Å². The highest BCUT2D eigenvalue weighted by atomic mass is 16.2. The van der Waals surface area contributed by atoms with Crippen molar-refractivity contribution in [1.82, 2.24) is 15.5 Å². The normalized spacial score (nSPS) is 32.2. The number of nitrogens with zero attached hydrogens (tertiary/aromatic N) is 1. The maximum absolute atomic E-state index is 11.9. The molecule has 2 aliphatic rings. The molecule has 2 aliphatic heterocycles. The van der Waals surface area contributed by atoms with Crippen molar-refractivity contribution in [2.75, 3.05) is 19.6 Å². The van der Waals surface area contributed by atoms with Gasteiger partial charge in [-0.3, -0.25) is 0 Å². The number of carbonyl (C=O) groups is 1. The van der Waals surface area contributed by atoms with Crippen molar-refractivity contribution in [3.63, 3.8) is 0 Å². The molecule has 2 heterocycles. The van der Waals surface area contributed by atoms with E-state index in [4.69, 9.17) is 0 Å². The van der Waals surface area contributed by atoms with Crippen LogP contribution in [0.25, 0.3) is 0 Å². The number of hydrogen-bond donors (Lipinski definition) is 2. The van der Waals surface area contributed by atoms with Crippen molar-refractivity contribution in [2.24, 2.45) is 0 Å². The van der Waals surface area contributed by atoms with Crippen molar-refractivity contribution in [3.8, 4) is 0 Å². The van der Waals surface area contributed by atoms with Gasteiger partial charge in [-0.25, -0.2) is 4.79 Å². The molecular formula is C11H21N3O. The molecule has 0 aromatic heterocycles. The van der Waals surface area contributed by atoms with Gasteiger partial charge in [-0.1, -0.05) is 0 Å². The minimum Gasteiger partial charge on any atom is -0.336 e. The SMILES string of the molecule is CC(C)(C)N1C(=O)NCC12CCCNC2. The van der Waals surface area contributed by atoms with Crippen LogP contribution in [0.3, 0.4) is 0 Å². The van der Waals surface area contributed by atoms with Crippen molar-refractivity contribution >= 4 is 6.03 Å². The Morgan fingerprint density at radius 3 is 2.60 bits per heavy atom. The maximum Gasteiger partial charge on any atom is 0.318 e. The lowest BCUT2D eigenvalue weighted by molar-refractivity contribution is 0.0605. The van der Waals surface area contributed by atoms with Gasteiger partial charge in [0.25, 0.3) is 0 Å². The van der Waals surface area contributed by atoms with Crippen LogP contribution in [-0.2, 0) is 0 Å². The van der Waals surface area contributed by atoms with Crippen molar-refractivity contribution in [1.29, 1.82) is 0 Å². The van der Waals surface area contributed by atoms with E-state index in [1.54, 1.807) is 0 Å². The zero-order chi connectivity index (χ0) is 11.1. The summed E-state index contributed by atoms with van der Waals surface area (Å²) in [5.74, 6) is 0. The molecule has 15 heavy (non-hydrogen) atoms. The number of nitrogens with one attached hydrogen (secondary N) is 2. The highest BCUT2D eigenvalue weighted by molar-refractivity contribution is 5.79. The first-order chi connectivity index (χ1) is 6.96. The van der Waals surface area contributed by atoms with Crippen LogP contribution < -0.4 is 10.6 Å². The molecule has 1 spiro atoms. The van der Waals surface area contributed by atoms with E-state index in [9.17, 15) is 4.79 Å². The molecule has 4 nitrogen and oxygen atoms in total. The molecule has 0 aliphatic carbocycles. The van der Waals surface area contributed by atoms with Crippen LogP contribution in [0.5, 0.6) is 0 Å². The largest absolute Gasteiger partial charge is 0.336 e. The Morgan fingerprint density at radius 2 is 2.07 bits per heavy atom. The Hall–Kier alpha value is -0.770. The van der Waals surface area contributed by atoms with Crippen LogP contribution >= 0.6 is 0 Å². The van der Waals surface area contributed by atoms with Crippen molar-refractivity contribution in [3.05, 3.63) is 0 Å². The molecule has 0 saturated carbocycles. The zero-order valence-corrected chi connectivity index (χ0v) is 9.89. The summed E-state index contributed by atoms with van der Waals surface area (Å²) in [4.78, 5) is 13.9. The highest BCUT2D eigenvalue weighted by Gasteiger charge is 2.50. The maximum atomic E-state index is 11.9. The van der Waals surface area contributed by atoms with Gasteiger partial charge in [0.2, 0.25) is 0 Å². The number of amides is 2. The molecule has 1 unspecified atom stereocenters. The van der Waals surface area contributed by atoms with Crippen LogP contribution in [-0.4, -0.2) is 41.6 Å². The fourth-order valence-corrected chi connectivity index (χ4v) is 2.92.